The monoisotopic (exact) mass is 530 g/mol. The van der Waals surface area contributed by atoms with Crippen LogP contribution < -0.4 is 10.1 Å². The summed E-state index contributed by atoms with van der Waals surface area (Å²) in [5, 5.41) is 3.48. The van der Waals surface area contributed by atoms with Gasteiger partial charge in [0.15, 0.2) is 5.96 Å². The highest BCUT2D eigenvalue weighted by Crippen LogP contribution is 2.30. The van der Waals surface area contributed by atoms with Crippen molar-refractivity contribution in [2.45, 2.75) is 32.6 Å². The second-order valence-electron chi connectivity index (χ2n) is 9.08. The van der Waals surface area contributed by atoms with Crippen molar-refractivity contribution in [2.24, 2.45) is 10.9 Å². The Morgan fingerprint density at radius 3 is 2.63 bits per heavy atom. The number of guanidine groups is 1. The van der Waals surface area contributed by atoms with Crippen LogP contribution >= 0.6 is 24.0 Å². The Hall–Kier alpha value is -1.06. The highest BCUT2D eigenvalue weighted by Gasteiger charge is 2.27. The van der Waals surface area contributed by atoms with Crippen LogP contribution in [0.5, 0.6) is 5.75 Å². The summed E-state index contributed by atoms with van der Waals surface area (Å²) in [5.74, 6) is 2.67. The van der Waals surface area contributed by atoms with E-state index in [2.05, 4.69) is 59.1 Å². The number of nitrogens with one attached hydrogen (secondary N) is 1. The molecule has 1 unspecified atom stereocenters. The molecule has 2 aliphatic heterocycles. The van der Waals surface area contributed by atoms with Crippen molar-refractivity contribution < 1.29 is 9.47 Å². The van der Waals surface area contributed by atoms with Crippen LogP contribution in [0.1, 0.15) is 32.8 Å². The van der Waals surface area contributed by atoms with Crippen molar-refractivity contribution >= 4 is 29.9 Å². The van der Waals surface area contributed by atoms with Crippen molar-refractivity contribution in [2.75, 3.05) is 66.1 Å². The molecule has 1 atom stereocenters. The van der Waals surface area contributed by atoms with Crippen molar-refractivity contribution in [3.63, 3.8) is 0 Å². The number of benzene rings is 1. The number of para-hydroxylation sites is 1. The molecule has 2 fully saturated rings. The molecule has 0 spiro atoms. The average Bonchev–Trinajstić information content (AvgIpc) is 3.16. The van der Waals surface area contributed by atoms with Crippen molar-refractivity contribution in [3.05, 3.63) is 29.8 Å². The molecule has 2 aliphatic rings. The topological polar surface area (TPSA) is 49.3 Å². The molecule has 0 aliphatic carbocycles. The van der Waals surface area contributed by atoms with Crippen LogP contribution in [0.2, 0.25) is 0 Å². The van der Waals surface area contributed by atoms with Gasteiger partial charge in [0.05, 0.1) is 19.8 Å². The highest BCUT2D eigenvalue weighted by molar-refractivity contribution is 14.0. The molecule has 1 aromatic carbocycles. The zero-order valence-corrected chi connectivity index (χ0v) is 21.4. The summed E-state index contributed by atoms with van der Waals surface area (Å²) in [6, 6.07) is 8.33. The first-order valence-corrected chi connectivity index (χ1v) is 11.0. The molecule has 2 saturated heterocycles. The van der Waals surface area contributed by atoms with Gasteiger partial charge in [-0.15, -0.1) is 24.0 Å². The largest absolute Gasteiger partial charge is 0.491 e. The van der Waals surface area contributed by atoms with Gasteiger partial charge in [-0.1, -0.05) is 39.0 Å². The zero-order valence-electron chi connectivity index (χ0n) is 19.0. The lowest BCUT2D eigenvalue weighted by molar-refractivity contribution is 0.0315. The van der Waals surface area contributed by atoms with E-state index in [1.54, 1.807) is 0 Å². The number of hydrogen-bond donors (Lipinski definition) is 1. The number of rotatable bonds is 6. The number of aliphatic imine (C=N–C) groups is 1. The standard InChI is InChI=1S/C23H38N4O2.HI/c1-23(2,3)20-7-5-6-8-21(20)29-14-10-25-22(24-4)27-11-9-19(18-27)17-26-12-15-28-16-13-26;/h5-8,19H,9-18H2,1-4H3,(H,24,25);1H. The van der Waals surface area contributed by atoms with Gasteiger partial charge in [0.25, 0.3) is 0 Å². The van der Waals surface area contributed by atoms with E-state index in [1.807, 2.05) is 13.1 Å². The summed E-state index contributed by atoms with van der Waals surface area (Å²) >= 11 is 0. The predicted octanol–water partition coefficient (Wildman–Crippen LogP) is 3.21. The summed E-state index contributed by atoms with van der Waals surface area (Å²) in [6.07, 6.45) is 1.23. The van der Waals surface area contributed by atoms with E-state index >= 15 is 0 Å². The van der Waals surface area contributed by atoms with Gasteiger partial charge < -0.3 is 19.7 Å². The fourth-order valence-electron chi connectivity index (χ4n) is 4.19. The van der Waals surface area contributed by atoms with Crippen LogP contribution in [0.3, 0.4) is 0 Å². The average molecular weight is 530 g/mol. The number of likely N-dealkylation sites (tertiary alicyclic amines) is 1. The molecule has 0 saturated carbocycles. The van der Waals surface area contributed by atoms with Gasteiger partial charge in [-0.3, -0.25) is 9.89 Å². The van der Waals surface area contributed by atoms with Crippen LogP contribution in [-0.2, 0) is 10.2 Å². The molecule has 7 heteroatoms. The highest BCUT2D eigenvalue weighted by atomic mass is 127. The summed E-state index contributed by atoms with van der Waals surface area (Å²) in [5.41, 5.74) is 1.32. The molecular weight excluding hydrogens is 491 g/mol. The summed E-state index contributed by atoms with van der Waals surface area (Å²) in [7, 11) is 1.87. The molecule has 3 rings (SSSR count). The zero-order chi connectivity index (χ0) is 20.7. The minimum atomic E-state index is 0. The molecule has 0 amide bonds. The first kappa shape index (κ1) is 25.2. The smallest absolute Gasteiger partial charge is 0.193 e. The number of nitrogens with zero attached hydrogens (tertiary/aromatic N) is 3. The second kappa shape index (κ2) is 12.1. The number of halogens is 1. The Kier molecular flexibility index (Phi) is 10.2. The molecular formula is C23H39IN4O2. The quantitative estimate of drug-likeness (QED) is 0.265. The SMILES string of the molecule is CN=C(NCCOc1ccccc1C(C)(C)C)N1CCC(CN2CCOCC2)C1.I. The van der Waals surface area contributed by atoms with E-state index in [0.29, 0.717) is 12.5 Å². The van der Waals surface area contributed by atoms with Gasteiger partial charge in [0.2, 0.25) is 0 Å². The molecule has 2 heterocycles. The molecule has 0 radical (unpaired) electrons. The summed E-state index contributed by atoms with van der Waals surface area (Å²) in [6.45, 7) is 15.2. The number of hydrogen-bond acceptors (Lipinski definition) is 4. The number of ether oxygens (including phenoxy) is 2. The molecule has 6 nitrogen and oxygen atoms in total. The third-order valence-corrected chi connectivity index (χ3v) is 5.76. The van der Waals surface area contributed by atoms with Crippen LogP contribution in [0.25, 0.3) is 0 Å². The predicted molar refractivity (Wildman–Crippen MR) is 134 cm³/mol. The minimum absolute atomic E-state index is 0. The molecule has 1 aromatic rings. The Labute approximate surface area is 199 Å². The van der Waals surface area contributed by atoms with Gasteiger partial charge in [0, 0.05) is 39.8 Å². The second-order valence-corrected chi connectivity index (χ2v) is 9.08. The molecule has 0 bridgehead atoms. The number of morpholine rings is 1. The third-order valence-electron chi connectivity index (χ3n) is 5.76. The van der Waals surface area contributed by atoms with E-state index in [1.165, 1.54) is 18.5 Å². The van der Waals surface area contributed by atoms with Crippen molar-refractivity contribution in [1.29, 1.82) is 0 Å². The first-order chi connectivity index (χ1) is 14.0. The first-order valence-electron chi connectivity index (χ1n) is 11.0. The maximum atomic E-state index is 6.09. The fourth-order valence-corrected chi connectivity index (χ4v) is 4.19. The van der Waals surface area contributed by atoms with Gasteiger partial charge >= 0.3 is 0 Å². The van der Waals surface area contributed by atoms with Crippen molar-refractivity contribution in [1.82, 2.24) is 15.1 Å². The molecule has 170 valence electrons. The maximum Gasteiger partial charge on any atom is 0.193 e. The van der Waals surface area contributed by atoms with Crippen LogP contribution in [0, 0.1) is 5.92 Å². The van der Waals surface area contributed by atoms with Crippen LogP contribution in [0.4, 0.5) is 0 Å². The van der Waals surface area contributed by atoms with E-state index in [0.717, 1.165) is 57.6 Å². The van der Waals surface area contributed by atoms with Crippen molar-refractivity contribution in [3.8, 4) is 5.75 Å². The van der Waals surface area contributed by atoms with Crippen LogP contribution in [-0.4, -0.2) is 81.9 Å². The molecule has 1 N–H and O–H groups in total. The van der Waals surface area contributed by atoms with Gasteiger partial charge in [0.1, 0.15) is 12.4 Å². The lowest BCUT2D eigenvalue weighted by atomic mass is 9.86. The summed E-state index contributed by atoms with van der Waals surface area (Å²) in [4.78, 5) is 9.41. The van der Waals surface area contributed by atoms with E-state index in [4.69, 9.17) is 9.47 Å². The Balaban J connectivity index is 0.00000320. The molecule has 30 heavy (non-hydrogen) atoms. The van der Waals surface area contributed by atoms with E-state index in [-0.39, 0.29) is 29.4 Å². The molecule has 0 aromatic heterocycles. The normalized spacial score (nSPS) is 20.7. The Morgan fingerprint density at radius 1 is 1.20 bits per heavy atom. The van der Waals surface area contributed by atoms with Gasteiger partial charge in [-0.05, 0) is 29.4 Å². The Bertz CT molecular complexity index is 671. The van der Waals surface area contributed by atoms with E-state index < -0.39 is 0 Å². The third kappa shape index (κ3) is 7.27. The van der Waals surface area contributed by atoms with Gasteiger partial charge in [-0.2, -0.15) is 0 Å². The van der Waals surface area contributed by atoms with Crippen LogP contribution in [0.15, 0.2) is 29.3 Å². The summed E-state index contributed by atoms with van der Waals surface area (Å²) < 4.78 is 11.5. The lowest BCUT2D eigenvalue weighted by Gasteiger charge is -2.29. The maximum absolute atomic E-state index is 6.09. The Morgan fingerprint density at radius 2 is 1.93 bits per heavy atom. The lowest BCUT2D eigenvalue weighted by Crippen LogP contribution is -2.43. The fraction of sp³-hybridized carbons (Fsp3) is 0.696. The van der Waals surface area contributed by atoms with E-state index in [9.17, 15) is 0 Å². The minimum Gasteiger partial charge on any atom is -0.491 e. The van der Waals surface area contributed by atoms with Gasteiger partial charge in [-0.25, -0.2) is 0 Å².